The third kappa shape index (κ3) is 28.0. The van der Waals surface area contributed by atoms with Gasteiger partial charge in [0.15, 0.2) is 0 Å². The van der Waals surface area contributed by atoms with Gasteiger partial charge in [-0.2, -0.15) is 11.8 Å². The van der Waals surface area contributed by atoms with Crippen LogP contribution in [0.3, 0.4) is 0 Å². The number of carboxylic acid groups (broad SMARTS) is 2. The normalized spacial score (nSPS) is 13.8. The van der Waals surface area contributed by atoms with E-state index in [9.17, 15) is 34.2 Å². The van der Waals surface area contributed by atoms with E-state index in [0.717, 1.165) is 86.5 Å². The highest BCUT2D eigenvalue weighted by Crippen LogP contribution is 2.44. The molecule has 4 atom stereocenters. The van der Waals surface area contributed by atoms with Gasteiger partial charge in [0.1, 0.15) is 18.2 Å². The van der Waals surface area contributed by atoms with Crippen LogP contribution in [-0.4, -0.2) is 110 Å². The number of unbranched alkanes of at least 4 members (excludes halogenated alkanes) is 15. The molecule has 2 aromatic carbocycles. The van der Waals surface area contributed by atoms with E-state index in [2.05, 4.69) is 41.9 Å². The Balaban J connectivity index is 1.61. The second-order valence-electron chi connectivity index (χ2n) is 21.4. The van der Waals surface area contributed by atoms with Crippen LogP contribution < -0.4 is 16.0 Å². The van der Waals surface area contributed by atoms with Crippen molar-refractivity contribution >= 4 is 41.8 Å². The zero-order chi connectivity index (χ0) is 54.5. The van der Waals surface area contributed by atoms with Gasteiger partial charge in [0.25, 0.3) is 0 Å². The van der Waals surface area contributed by atoms with Crippen LogP contribution in [-0.2, 0) is 33.3 Å². The predicted molar refractivity (Wildman–Crippen MR) is 301 cm³/mol. The topological polar surface area (TPSA) is 199 Å². The largest absolute Gasteiger partial charge is 0.481 e. The first-order chi connectivity index (χ1) is 36.2. The Labute approximate surface area is 455 Å². The molecule has 0 saturated carbocycles. The Kier molecular flexibility index (Phi) is 33.8. The minimum atomic E-state index is -0.996. The molecule has 0 radical (unpaired) electrons. The fourth-order valence-corrected chi connectivity index (χ4v) is 11.0. The molecule has 3 rings (SSSR count). The smallest absolute Gasteiger partial charge is 0.407 e. The van der Waals surface area contributed by atoms with E-state index in [1.54, 1.807) is 0 Å². The number of fused-ring (bicyclic) bond motifs is 3. The van der Waals surface area contributed by atoms with Crippen LogP contribution in [0.5, 0.6) is 0 Å². The van der Waals surface area contributed by atoms with Crippen molar-refractivity contribution in [2.24, 2.45) is 17.8 Å². The van der Waals surface area contributed by atoms with Gasteiger partial charge in [-0.1, -0.05) is 165 Å². The Morgan fingerprint density at radius 1 is 0.587 bits per heavy atom. The minimum absolute atomic E-state index is 0.0781. The molecule has 15 heteroatoms. The van der Waals surface area contributed by atoms with Gasteiger partial charge in [0.2, 0.25) is 5.91 Å². The summed E-state index contributed by atoms with van der Waals surface area (Å²) in [5.41, 5.74) is 3.81. The van der Waals surface area contributed by atoms with E-state index in [-0.39, 0.29) is 24.7 Å². The number of amides is 3. The second-order valence-corrected chi connectivity index (χ2v) is 22.5. The monoisotopic (exact) mass is 1070 g/mol. The maximum absolute atomic E-state index is 13.9. The molecule has 3 amide bonds. The number of carboxylic acids is 2. The first-order valence-corrected chi connectivity index (χ1v) is 30.0. The average molecular weight is 1070 g/mol. The number of aliphatic carboxylic acids is 2. The van der Waals surface area contributed by atoms with Crippen molar-refractivity contribution in [1.82, 2.24) is 16.0 Å². The molecule has 0 fully saturated rings. The lowest BCUT2D eigenvalue weighted by molar-refractivity contribution is -0.147. The van der Waals surface area contributed by atoms with Crippen molar-refractivity contribution in [3.8, 4) is 11.1 Å². The minimum Gasteiger partial charge on any atom is -0.481 e. The summed E-state index contributed by atoms with van der Waals surface area (Å²) in [4.78, 5) is 65.2. The molecule has 0 aromatic heterocycles. The van der Waals surface area contributed by atoms with E-state index < -0.39 is 59.4 Å². The Hall–Kier alpha value is -4.34. The quantitative estimate of drug-likeness (QED) is 0.0394. The van der Waals surface area contributed by atoms with Crippen molar-refractivity contribution in [2.45, 2.75) is 200 Å². The fraction of sp³-hybridized carbons (Fsp3) is 0.717. The van der Waals surface area contributed by atoms with Crippen molar-refractivity contribution in [3.63, 3.8) is 0 Å². The molecule has 424 valence electrons. The molecule has 2 unspecified atom stereocenters. The van der Waals surface area contributed by atoms with E-state index in [1.165, 1.54) is 63.1 Å². The molecule has 0 saturated heterocycles. The van der Waals surface area contributed by atoms with Gasteiger partial charge in [0.05, 0.1) is 11.8 Å². The zero-order valence-corrected chi connectivity index (χ0v) is 47.4. The lowest BCUT2D eigenvalue weighted by Gasteiger charge is -2.27. The van der Waals surface area contributed by atoms with E-state index >= 15 is 0 Å². The zero-order valence-electron chi connectivity index (χ0n) is 46.6. The van der Waals surface area contributed by atoms with Crippen LogP contribution in [0.2, 0.25) is 0 Å². The fourth-order valence-electron chi connectivity index (χ4n) is 9.74. The number of rotatable bonds is 44. The summed E-state index contributed by atoms with van der Waals surface area (Å²) in [5.74, 6) is -3.73. The number of hydrogen-bond donors (Lipinski definition) is 5. The lowest BCUT2D eigenvalue weighted by Crippen LogP contribution is -2.49. The van der Waals surface area contributed by atoms with Gasteiger partial charge in [-0.15, -0.1) is 0 Å². The van der Waals surface area contributed by atoms with Crippen molar-refractivity contribution < 1.29 is 53.1 Å². The van der Waals surface area contributed by atoms with Crippen LogP contribution in [0.4, 0.5) is 9.59 Å². The number of benzene rings is 2. The maximum atomic E-state index is 13.9. The molecule has 5 N–H and O–H groups in total. The summed E-state index contributed by atoms with van der Waals surface area (Å²) in [6.07, 6.45) is 20.4. The highest BCUT2D eigenvalue weighted by Gasteiger charge is 2.34. The van der Waals surface area contributed by atoms with Gasteiger partial charge >= 0.3 is 24.1 Å². The Bertz CT molecular complexity index is 1860. The number of thioether (sulfide) groups is 1. The molecule has 0 spiro atoms. The van der Waals surface area contributed by atoms with Crippen LogP contribution in [0, 0.1) is 17.8 Å². The summed E-state index contributed by atoms with van der Waals surface area (Å²) >= 11 is 1.38. The van der Waals surface area contributed by atoms with Crippen LogP contribution in [0.15, 0.2) is 48.5 Å². The molecule has 1 aliphatic rings. The van der Waals surface area contributed by atoms with Gasteiger partial charge in [-0.25, -0.2) is 9.59 Å². The molecule has 1 aliphatic carbocycles. The molecule has 14 nitrogen and oxygen atoms in total. The molecule has 0 bridgehead atoms. The summed E-state index contributed by atoms with van der Waals surface area (Å²) in [5, 5.41) is 29.7. The standard InChI is InChI=1S/C60H97N3O11S/c1-6-8-10-12-14-16-18-20-30-46(56(65)66)42-47(48(57(67)68)31-21-19-17-15-13-11-9-7-2)44-75-45-54(63-59(70)73-43-53-51-34-24-22-32-49(51)50-33-23-25-35-52(50)53)55(64)61-36-28-40-71-38-26-27-39-72-41-29-37-62-58(69)74-60(3,4)5/h22-25,32-35,46-48,53-54H,6-21,26-31,36-45H2,1-5H3,(H,61,64)(H,62,69)(H,63,70)(H,65,66)(H,67,68)/t46?,47-,48?,54-/m0/s1. The van der Waals surface area contributed by atoms with E-state index in [0.29, 0.717) is 71.0 Å². The molecule has 0 aliphatic heterocycles. The number of carbonyl (C=O) groups excluding carboxylic acids is 3. The van der Waals surface area contributed by atoms with Crippen LogP contribution >= 0.6 is 11.8 Å². The second kappa shape index (κ2) is 39.1. The van der Waals surface area contributed by atoms with Crippen molar-refractivity contribution in [2.75, 3.05) is 57.6 Å². The molecule has 0 heterocycles. The van der Waals surface area contributed by atoms with Crippen molar-refractivity contribution in [1.29, 1.82) is 0 Å². The number of nitrogens with one attached hydrogen (secondary N) is 3. The number of ether oxygens (including phenoxy) is 4. The number of hydrogen-bond acceptors (Lipinski definition) is 10. The summed E-state index contributed by atoms with van der Waals surface area (Å²) in [6, 6.07) is 15.2. The third-order valence-corrected chi connectivity index (χ3v) is 15.1. The van der Waals surface area contributed by atoms with Gasteiger partial charge < -0.3 is 45.1 Å². The molecule has 2 aromatic rings. The number of carbonyl (C=O) groups is 5. The first-order valence-electron chi connectivity index (χ1n) is 28.8. The van der Waals surface area contributed by atoms with Gasteiger partial charge in [-0.05, 0) is 99.6 Å². The maximum Gasteiger partial charge on any atom is 0.407 e. The molecule has 75 heavy (non-hydrogen) atoms. The van der Waals surface area contributed by atoms with E-state index in [4.69, 9.17) is 18.9 Å². The highest BCUT2D eigenvalue weighted by atomic mass is 32.2. The highest BCUT2D eigenvalue weighted by molar-refractivity contribution is 7.99. The van der Waals surface area contributed by atoms with Crippen LogP contribution in [0.1, 0.15) is 199 Å². The summed E-state index contributed by atoms with van der Waals surface area (Å²) < 4.78 is 22.6. The third-order valence-electron chi connectivity index (χ3n) is 13.9. The Morgan fingerprint density at radius 2 is 1.08 bits per heavy atom. The molecular weight excluding hydrogens is 971 g/mol. The summed E-state index contributed by atoms with van der Waals surface area (Å²) in [7, 11) is 0. The van der Waals surface area contributed by atoms with Gasteiger partial charge in [0, 0.05) is 51.2 Å². The first kappa shape index (κ1) is 64.9. The predicted octanol–water partition coefficient (Wildman–Crippen LogP) is 13.3. The van der Waals surface area contributed by atoms with Crippen molar-refractivity contribution in [3.05, 3.63) is 59.7 Å². The average Bonchev–Trinajstić information content (AvgIpc) is 3.69. The van der Waals surface area contributed by atoms with Crippen LogP contribution in [0.25, 0.3) is 11.1 Å². The summed E-state index contributed by atoms with van der Waals surface area (Å²) in [6.45, 7) is 12.8. The van der Waals surface area contributed by atoms with E-state index in [1.807, 2.05) is 57.2 Å². The Morgan fingerprint density at radius 3 is 1.60 bits per heavy atom. The molecular formula is C60H97N3O11S. The SMILES string of the molecule is CCCCCCCCCCC(C[C@@H](CSC[C@H](NC(=O)OCC1c2ccccc2-c2ccccc21)C(=O)NCCCOCCCCOCCCNC(=O)OC(C)(C)C)C(CCCCCCCCCC)C(=O)O)C(=O)O. The van der Waals surface area contributed by atoms with Gasteiger partial charge in [-0.3, -0.25) is 14.4 Å². The lowest BCUT2D eigenvalue weighted by atomic mass is 9.81. The number of alkyl carbamates (subject to hydrolysis) is 2.